The fraction of sp³-hybridized carbons (Fsp3) is 0.389. The molecule has 31 heavy (non-hydrogen) atoms. The van der Waals surface area contributed by atoms with Crippen LogP contribution in [0.1, 0.15) is 33.7 Å². The van der Waals surface area contributed by atoms with Crippen LogP contribution in [0, 0.1) is 5.82 Å². The second kappa shape index (κ2) is 9.20. The minimum Gasteiger partial charge on any atom is -0.495 e. The van der Waals surface area contributed by atoms with Crippen molar-refractivity contribution in [2.24, 2.45) is 0 Å². The fourth-order valence-electron chi connectivity index (χ4n) is 3.23. The Labute approximate surface area is 183 Å². The molecule has 1 saturated heterocycles. The number of sulfonamides is 1. The number of halogens is 2. The summed E-state index contributed by atoms with van der Waals surface area (Å²) in [6.45, 7) is 0.586. The molecule has 0 atom stereocenters. The smallest absolute Gasteiger partial charge is 0.274 e. The van der Waals surface area contributed by atoms with E-state index in [4.69, 9.17) is 16.3 Å². The van der Waals surface area contributed by atoms with Crippen LogP contribution in [0.25, 0.3) is 0 Å². The van der Waals surface area contributed by atoms with Crippen LogP contribution in [0.15, 0.2) is 18.3 Å². The van der Waals surface area contributed by atoms with Gasteiger partial charge in [0.05, 0.1) is 29.6 Å². The van der Waals surface area contributed by atoms with Crippen molar-refractivity contribution in [1.82, 2.24) is 19.8 Å². The zero-order valence-electron chi connectivity index (χ0n) is 16.7. The highest BCUT2D eigenvalue weighted by Gasteiger charge is 2.28. The number of benzene rings is 1. The van der Waals surface area contributed by atoms with Crippen LogP contribution in [-0.2, 0) is 10.0 Å². The first-order valence-electron chi connectivity index (χ1n) is 9.25. The third kappa shape index (κ3) is 5.14. The molecule has 2 amide bonds. The van der Waals surface area contributed by atoms with Crippen LogP contribution >= 0.6 is 11.6 Å². The Morgan fingerprint density at radius 1 is 1.29 bits per heavy atom. The van der Waals surface area contributed by atoms with E-state index in [2.05, 4.69) is 20.8 Å². The number of nitrogens with one attached hydrogen (secondary N) is 3. The van der Waals surface area contributed by atoms with Gasteiger partial charge in [-0.15, -0.1) is 0 Å². The van der Waals surface area contributed by atoms with Gasteiger partial charge in [-0.1, -0.05) is 11.6 Å². The van der Waals surface area contributed by atoms with Gasteiger partial charge >= 0.3 is 0 Å². The number of ether oxygens (including phenoxy) is 1. The molecule has 0 bridgehead atoms. The van der Waals surface area contributed by atoms with E-state index in [0.717, 1.165) is 12.3 Å². The molecule has 1 aromatic heterocycles. The van der Waals surface area contributed by atoms with Gasteiger partial charge in [0.15, 0.2) is 5.69 Å². The highest BCUT2D eigenvalue weighted by Crippen LogP contribution is 2.30. The Hall–Kier alpha value is -2.70. The molecule has 1 aliphatic heterocycles. The molecule has 0 spiro atoms. The number of nitrogens with zero attached hydrogens (tertiary/aromatic N) is 2. The van der Waals surface area contributed by atoms with Gasteiger partial charge in [-0.3, -0.25) is 14.7 Å². The molecule has 168 valence electrons. The molecule has 1 aromatic carbocycles. The number of hydrogen-bond donors (Lipinski definition) is 3. The van der Waals surface area contributed by atoms with Gasteiger partial charge < -0.3 is 15.4 Å². The fourth-order valence-corrected chi connectivity index (χ4v) is 4.42. The van der Waals surface area contributed by atoms with E-state index in [1.807, 2.05) is 0 Å². The Morgan fingerprint density at radius 2 is 1.97 bits per heavy atom. The van der Waals surface area contributed by atoms with Gasteiger partial charge in [-0.25, -0.2) is 17.1 Å². The Balaban J connectivity index is 1.69. The van der Waals surface area contributed by atoms with Crippen molar-refractivity contribution >= 4 is 39.1 Å². The standard InChI is InChI=1S/C18H21ClFN5O5S/c1-30-13-4-3-11(20)14(15(13)19)17(26)23-12-9-21-24-16(12)18(27)22-10-5-7-25(8-6-10)31(2,28)29/h3-4,9-10H,5-8H2,1-2H3,(H,21,24)(H,22,27)(H,23,26). The maximum Gasteiger partial charge on any atom is 0.274 e. The molecule has 3 rings (SSSR count). The third-order valence-corrected chi connectivity index (χ3v) is 6.54. The first-order chi connectivity index (χ1) is 14.6. The van der Waals surface area contributed by atoms with Crippen molar-refractivity contribution in [3.63, 3.8) is 0 Å². The molecule has 3 N–H and O–H groups in total. The minimum atomic E-state index is -3.27. The molecule has 0 aliphatic carbocycles. The number of anilines is 1. The molecule has 2 aromatic rings. The predicted molar refractivity (Wildman–Crippen MR) is 111 cm³/mol. The number of hydrogen-bond acceptors (Lipinski definition) is 6. The van der Waals surface area contributed by atoms with Crippen LogP contribution in [0.2, 0.25) is 5.02 Å². The second-order valence-electron chi connectivity index (χ2n) is 6.95. The van der Waals surface area contributed by atoms with E-state index in [0.29, 0.717) is 25.9 Å². The van der Waals surface area contributed by atoms with E-state index in [9.17, 15) is 22.4 Å². The monoisotopic (exact) mass is 473 g/mol. The largest absolute Gasteiger partial charge is 0.495 e. The Kier molecular flexibility index (Phi) is 6.82. The molecule has 10 nitrogen and oxygen atoms in total. The number of aromatic amines is 1. The molecular formula is C18H21ClFN5O5S. The van der Waals surface area contributed by atoms with Crippen LogP contribution in [0.4, 0.5) is 10.1 Å². The number of rotatable bonds is 6. The zero-order chi connectivity index (χ0) is 22.8. The molecule has 1 fully saturated rings. The third-order valence-electron chi connectivity index (χ3n) is 4.86. The van der Waals surface area contributed by atoms with Crippen molar-refractivity contribution in [2.45, 2.75) is 18.9 Å². The summed E-state index contributed by atoms with van der Waals surface area (Å²) < 4.78 is 43.7. The minimum absolute atomic E-state index is 0.0364. The van der Waals surface area contributed by atoms with Gasteiger partial charge in [0.1, 0.15) is 11.6 Å². The number of amides is 2. The van der Waals surface area contributed by atoms with Crippen molar-refractivity contribution < 1.29 is 27.1 Å². The average Bonchev–Trinajstić information content (AvgIpc) is 3.16. The predicted octanol–water partition coefficient (Wildman–Crippen LogP) is 1.62. The quantitative estimate of drug-likeness (QED) is 0.583. The lowest BCUT2D eigenvalue weighted by Gasteiger charge is -2.30. The highest BCUT2D eigenvalue weighted by molar-refractivity contribution is 7.88. The van der Waals surface area contributed by atoms with Gasteiger partial charge in [-0.05, 0) is 25.0 Å². The number of methoxy groups -OCH3 is 1. The summed E-state index contributed by atoms with van der Waals surface area (Å²) in [6, 6.07) is 2.09. The number of aromatic nitrogens is 2. The lowest BCUT2D eigenvalue weighted by atomic mass is 10.1. The van der Waals surface area contributed by atoms with Gasteiger partial charge in [0.2, 0.25) is 10.0 Å². The maximum absolute atomic E-state index is 14.2. The van der Waals surface area contributed by atoms with Crippen molar-refractivity contribution in [1.29, 1.82) is 0 Å². The van der Waals surface area contributed by atoms with Crippen molar-refractivity contribution in [3.8, 4) is 5.75 Å². The summed E-state index contributed by atoms with van der Waals surface area (Å²) in [7, 11) is -1.94. The topological polar surface area (TPSA) is 133 Å². The normalized spacial score (nSPS) is 15.5. The summed E-state index contributed by atoms with van der Waals surface area (Å²) in [5.74, 6) is -2.17. The van der Waals surface area contributed by atoms with Crippen LogP contribution in [-0.4, -0.2) is 67.2 Å². The maximum atomic E-state index is 14.2. The Morgan fingerprint density at radius 3 is 2.58 bits per heavy atom. The Bertz CT molecular complexity index is 1100. The van der Waals surface area contributed by atoms with E-state index in [1.165, 1.54) is 23.7 Å². The first kappa shape index (κ1) is 23.0. The molecule has 0 unspecified atom stereocenters. The van der Waals surface area contributed by atoms with Crippen LogP contribution in [0.5, 0.6) is 5.75 Å². The van der Waals surface area contributed by atoms with Crippen LogP contribution in [0.3, 0.4) is 0 Å². The number of piperidine rings is 1. The SMILES string of the molecule is COc1ccc(F)c(C(=O)Nc2c[nH]nc2C(=O)NC2CCN(S(C)(=O)=O)CC2)c1Cl. The molecule has 1 aliphatic rings. The van der Waals surface area contributed by atoms with E-state index >= 15 is 0 Å². The second-order valence-corrected chi connectivity index (χ2v) is 9.31. The first-order valence-corrected chi connectivity index (χ1v) is 11.5. The van der Waals surface area contributed by atoms with E-state index in [1.54, 1.807) is 0 Å². The van der Waals surface area contributed by atoms with Gasteiger partial charge in [-0.2, -0.15) is 5.10 Å². The molecule has 13 heteroatoms. The van der Waals surface area contributed by atoms with Crippen molar-refractivity contribution in [2.75, 3.05) is 31.8 Å². The summed E-state index contributed by atoms with van der Waals surface area (Å²) in [4.78, 5) is 25.2. The van der Waals surface area contributed by atoms with E-state index in [-0.39, 0.29) is 28.2 Å². The van der Waals surface area contributed by atoms with Gasteiger partial charge in [0.25, 0.3) is 11.8 Å². The highest BCUT2D eigenvalue weighted by atomic mass is 35.5. The summed E-state index contributed by atoms with van der Waals surface area (Å²) in [5.41, 5.74) is -0.491. The lowest BCUT2D eigenvalue weighted by molar-refractivity contribution is 0.0919. The molecule has 0 radical (unpaired) electrons. The van der Waals surface area contributed by atoms with Gasteiger partial charge in [0, 0.05) is 25.3 Å². The lowest BCUT2D eigenvalue weighted by Crippen LogP contribution is -2.46. The summed E-state index contributed by atoms with van der Waals surface area (Å²) >= 11 is 6.05. The average molecular weight is 474 g/mol. The van der Waals surface area contributed by atoms with E-state index < -0.39 is 33.2 Å². The van der Waals surface area contributed by atoms with Crippen LogP contribution < -0.4 is 15.4 Å². The number of H-pyrrole nitrogens is 1. The number of carbonyl (C=O) groups is 2. The molecule has 2 heterocycles. The molecule has 0 saturated carbocycles. The summed E-state index contributed by atoms with van der Waals surface area (Å²) in [5, 5.41) is 11.3. The van der Waals surface area contributed by atoms with Crippen molar-refractivity contribution in [3.05, 3.63) is 40.4 Å². The number of carbonyl (C=O) groups excluding carboxylic acids is 2. The summed E-state index contributed by atoms with van der Waals surface area (Å²) in [6.07, 6.45) is 3.30. The zero-order valence-corrected chi connectivity index (χ0v) is 18.3. The molecular weight excluding hydrogens is 453 g/mol.